The van der Waals surface area contributed by atoms with Gasteiger partial charge < -0.3 is 5.32 Å². The van der Waals surface area contributed by atoms with E-state index in [1.54, 1.807) is 0 Å². The third-order valence-corrected chi connectivity index (χ3v) is 2.32. The van der Waals surface area contributed by atoms with Gasteiger partial charge in [-0.05, 0) is 13.0 Å². The summed E-state index contributed by atoms with van der Waals surface area (Å²) in [4.78, 5) is 11.2. The molecule has 15 heavy (non-hydrogen) atoms. The van der Waals surface area contributed by atoms with Gasteiger partial charge in [-0.2, -0.15) is 18.3 Å². The SMILES string of the molecule is O=c1[nH]nc(C(F)(F)F)c2c1CCNC2. The van der Waals surface area contributed by atoms with Crippen molar-refractivity contribution in [3.8, 4) is 0 Å². The molecule has 1 aliphatic rings. The van der Waals surface area contributed by atoms with Crippen molar-refractivity contribution in [2.75, 3.05) is 6.54 Å². The number of alkyl halides is 3. The Labute approximate surface area is 82.5 Å². The van der Waals surface area contributed by atoms with Crippen LogP contribution in [0.4, 0.5) is 13.2 Å². The van der Waals surface area contributed by atoms with Crippen LogP contribution < -0.4 is 10.9 Å². The van der Waals surface area contributed by atoms with Crippen LogP contribution in [0, 0.1) is 0 Å². The van der Waals surface area contributed by atoms with Crippen molar-refractivity contribution in [1.29, 1.82) is 0 Å². The van der Waals surface area contributed by atoms with Crippen LogP contribution in [0.2, 0.25) is 0 Å². The van der Waals surface area contributed by atoms with Gasteiger partial charge in [0.15, 0.2) is 5.69 Å². The molecule has 0 aromatic carbocycles. The first-order valence-electron chi connectivity index (χ1n) is 4.38. The smallest absolute Gasteiger partial charge is 0.312 e. The fourth-order valence-electron chi connectivity index (χ4n) is 1.64. The summed E-state index contributed by atoms with van der Waals surface area (Å²) in [5, 5.41) is 7.73. The number of hydrogen-bond donors (Lipinski definition) is 2. The molecule has 7 heteroatoms. The molecule has 1 aromatic rings. The highest BCUT2D eigenvalue weighted by molar-refractivity contribution is 5.31. The van der Waals surface area contributed by atoms with Gasteiger partial charge in [0.05, 0.1) is 0 Å². The normalized spacial score (nSPS) is 16.2. The number of aromatic amines is 1. The molecule has 1 aliphatic heterocycles. The second kappa shape index (κ2) is 3.34. The first kappa shape index (κ1) is 10.2. The Balaban J connectivity index is 2.63. The van der Waals surface area contributed by atoms with Gasteiger partial charge >= 0.3 is 6.18 Å². The van der Waals surface area contributed by atoms with Gasteiger partial charge in [0, 0.05) is 17.7 Å². The minimum absolute atomic E-state index is 0.0301. The van der Waals surface area contributed by atoms with Crippen LogP contribution in [0.15, 0.2) is 4.79 Å². The molecule has 4 nitrogen and oxygen atoms in total. The zero-order valence-electron chi connectivity index (χ0n) is 7.61. The Morgan fingerprint density at radius 3 is 2.67 bits per heavy atom. The third kappa shape index (κ3) is 1.74. The second-order valence-electron chi connectivity index (χ2n) is 3.28. The number of H-pyrrole nitrogens is 1. The predicted octanol–water partition coefficient (Wildman–Crippen LogP) is 0.434. The van der Waals surface area contributed by atoms with E-state index in [1.807, 2.05) is 5.10 Å². The van der Waals surface area contributed by atoms with Crippen molar-refractivity contribution in [1.82, 2.24) is 15.5 Å². The summed E-state index contributed by atoms with van der Waals surface area (Å²) in [6, 6.07) is 0. The highest BCUT2D eigenvalue weighted by Gasteiger charge is 2.37. The number of hydrogen-bond acceptors (Lipinski definition) is 3. The lowest BCUT2D eigenvalue weighted by Crippen LogP contribution is -2.33. The summed E-state index contributed by atoms with van der Waals surface area (Å²) >= 11 is 0. The van der Waals surface area contributed by atoms with E-state index < -0.39 is 17.4 Å². The van der Waals surface area contributed by atoms with Crippen LogP contribution in [0.3, 0.4) is 0 Å². The maximum Gasteiger partial charge on any atom is 0.435 e. The summed E-state index contributed by atoms with van der Waals surface area (Å²) in [6.07, 6.45) is -4.22. The van der Waals surface area contributed by atoms with Crippen molar-refractivity contribution in [2.24, 2.45) is 0 Å². The fraction of sp³-hybridized carbons (Fsp3) is 0.500. The number of nitrogens with one attached hydrogen (secondary N) is 2. The summed E-state index contributed by atoms with van der Waals surface area (Å²) in [5.74, 6) is 0. The second-order valence-corrected chi connectivity index (χ2v) is 3.28. The third-order valence-electron chi connectivity index (χ3n) is 2.32. The molecule has 2 heterocycles. The van der Waals surface area contributed by atoms with E-state index in [2.05, 4.69) is 10.4 Å². The fourth-order valence-corrected chi connectivity index (χ4v) is 1.64. The summed E-state index contributed by atoms with van der Waals surface area (Å²) < 4.78 is 37.5. The minimum Gasteiger partial charge on any atom is -0.312 e. The van der Waals surface area contributed by atoms with Gasteiger partial charge in [-0.15, -0.1) is 0 Å². The lowest BCUT2D eigenvalue weighted by atomic mass is 10.0. The van der Waals surface area contributed by atoms with E-state index >= 15 is 0 Å². The average Bonchev–Trinajstić information content (AvgIpc) is 2.17. The molecule has 0 atom stereocenters. The number of halogens is 3. The molecule has 2 N–H and O–H groups in total. The quantitative estimate of drug-likeness (QED) is 0.665. The molecular formula is C8H8F3N3O. The largest absolute Gasteiger partial charge is 0.435 e. The minimum atomic E-state index is -4.52. The van der Waals surface area contributed by atoms with Gasteiger partial charge in [-0.3, -0.25) is 4.79 Å². The van der Waals surface area contributed by atoms with Gasteiger partial charge in [0.1, 0.15) is 0 Å². The van der Waals surface area contributed by atoms with E-state index in [0.717, 1.165) is 0 Å². The molecule has 0 saturated heterocycles. The van der Waals surface area contributed by atoms with Crippen LogP contribution in [0.1, 0.15) is 16.8 Å². The van der Waals surface area contributed by atoms with Gasteiger partial charge in [-0.1, -0.05) is 0 Å². The zero-order valence-corrected chi connectivity index (χ0v) is 7.61. The van der Waals surface area contributed by atoms with Crippen molar-refractivity contribution >= 4 is 0 Å². The Morgan fingerprint density at radius 1 is 1.27 bits per heavy atom. The molecule has 0 bridgehead atoms. The molecule has 1 aromatic heterocycles. The number of aromatic nitrogens is 2. The van der Waals surface area contributed by atoms with Crippen molar-refractivity contribution in [2.45, 2.75) is 19.1 Å². The zero-order chi connectivity index (χ0) is 11.1. The van der Waals surface area contributed by atoms with E-state index in [1.165, 1.54) is 0 Å². The van der Waals surface area contributed by atoms with Crippen molar-refractivity contribution in [3.63, 3.8) is 0 Å². The van der Waals surface area contributed by atoms with E-state index in [0.29, 0.717) is 13.0 Å². The molecule has 2 rings (SSSR count). The molecule has 0 amide bonds. The van der Waals surface area contributed by atoms with Crippen LogP contribution in [0.25, 0.3) is 0 Å². The molecular weight excluding hydrogens is 211 g/mol. The first-order valence-corrected chi connectivity index (χ1v) is 4.38. The molecule has 0 fully saturated rings. The number of rotatable bonds is 0. The van der Waals surface area contributed by atoms with Crippen LogP contribution in [-0.2, 0) is 19.1 Å². The Kier molecular flexibility index (Phi) is 2.26. The van der Waals surface area contributed by atoms with E-state index in [4.69, 9.17) is 0 Å². The molecule has 0 unspecified atom stereocenters. The van der Waals surface area contributed by atoms with Gasteiger partial charge in [-0.25, -0.2) is 5.10 Å². The number of fused-ring (bicyclic) bond motifs is 1. The van der Waals surface area contributed by atoms with Crippen molar-refractivity contribution in [3.05, 3.63) is 27.2 Å². The highest BCUT2D eigenvalue weighted by Crippen LogP contribution is 2.31. The van der Waals surface area contributed by atoms with Crippen LogP contribution in [0.5, 0.6) is 0 Å². The molecule has 82 valence electrons. The number of nitrogens with zero attached hydrogens (tertiary/aromatic N) is 1. The maximum absolute atomic E-state index is 12.5. The van der Waals surface area contributed by atoms with Crippen molar-refractivity contribution < 1.29 is 13.2 Å². The van der Waals surface area contributed by atoms with Gasteiger partial charge in [0.2, 0.25) is 0 Å². The average molecular weight is 219 g/mol. The highest BCUT2D eigenvalue weighted by atomic mass is 19.4. The monoisotopic (exact) mass is 219 g/mol. The molecule has 0 spiro atoms. The van der Waals surface area contributed by atoms with E-state index in [-0.39, 0.29) is 17.7 Å². The maximum atomic E-state index is 12.5. The Hall–Kier alpha value is -1.37. The summed E-state index contributed by atoms with van der Waals surface area (Å²) in [6.45, 7) is 0.554. The van der Waals surface area contributed by atoms with Gasteiger partial charge in [0.25, 0.3) is 5.56 Å². The Morgan fingerprint density at radius 2 is 2.00 bits per heavy atom. The standard InChI is InChI=1S/C8H8F3N3O/c9-8(10,11)6-5-3-12-2-1-4(5)7(15)14-13-6/h12H,1-3H2,(H,14,15). The molecule has 0 radical (unpaired) electrons. The predicted molar refractivity (Wildman–Crippen MR) is 45.3 cm³/mol. The van der Waals surface area contributed by atoms with Crippen LogP contribution >= 0.6 is 0 Å². The summed E-state index contributed by atoms with van der Waals surface area (Å²) in [5.41, 5.74) is -1.36. The molecule has 0 aliphatic carbocycles. The molecule has 0 saturated carbocycles. The van der Waals surface area contributed by atoms with E-state index in [9.17, 15) is 18.0 Å². The Bertz CT molecular complexity index is 438. The first-order chi connectivity index (χ1) is 7.00. The lowest BCUT2D eigenvalue weighted by molar-refractivity contribution is -0.142. The summed E-state index contributed by atoms with van der Waals surface area (Å²) in [7, 11) is 0. The lowest BCUT2D eigenvalue weighted by Gasteiger charge is -2.19. The topological polar surface area (TPSA) is 57.8 Å². The van der Waals surface area contributed by atoms with Crippen LogP contribution in [-0.4, -0.2) is 16.7 Å².